The Morgan fingerprint density at radius 2 is 1.94 bits per heavy atom. The number of nitrogens with zero attached hydrogens (tertiary/aromatic N) is 3. The van der Waals surface area contributed by atoms with Crippen LogP contribution in [0.5, 0.6) is 0 Å². The highest BCUT2D eigenvalue weighted by Crippen LogP contribution is 2.36. The van der Waals surface area contributed by atoms with E-state index in [1.165, 1.54) is 5.56 Å². The second kappa shape index (κ2) is 8.76. The lowest BCUT2D eigenvalue weighted by molar-refractivity contribution is -0.127. The predicted octanol–water partition coefficient (Wildman–Crippen LogP) is 3.50. The first kappa shape index (κ1) is 20.8. The van der Waals surface area contributed by atoms with Gasteiger partial charge in [0.1, 0.15) is 0 Å². The van der Waals surface area contributed by atoms with Gasteiger partial charge in [-0.3, -0.25) is 14.3 Å². The van der Waals surface area contributed by atoms with Crippen LogP contribution in [-0.2, 0) is 11.3 Å². The van der Waals surface area contributed by atoms with E-state index in [0.717, 1.165) is 16.7 Å². The second-order valence-corrected chi connectivity index (χ2v) is 8.40. The van der Waals surface area contributed by atoms with E-state index in [9.17, 15) is 9.59 Å². The molecular formula is C25H28N4O2. The summed E-state index contributed by atoms with van der Waals surface area (Å²) < 4.78 is 1.90. The summed E-state index contributed by atoms with van der Waals surface area (Å²) in [6, 6.07) is 15.9. The SMILES string of the molecule is Cc1ccc(C)c(C(=O)NC[C@@H]2CC(=O)N(C)[C@H]2c2cnn(Cc3ccccc3)c2)c1. The maximum atomic E-state index is 12.8. The van der Waals surface area contributed by atoms with E-state index in [0.29, 0.717) is 25.1 Å². The first-order chi connectivity index (χ1) is 14.9. The summed E-state index contributed by atoms with van der Waals surface area (Å²) in [5.74, 6) is -0.00513. The van der Waals surface area contributed by atoms with Gasteiger partial charge < -0.3 is 10.2 Å². The number of aryl methyl sites for hydroxylation is 2. The van der Waals surface area contributed by atoms with Crippen LogP contribution in [0.3, 0.4) is 0 Å². The molecule has 1 aliphatic heterocycles. The van der Waals surface area contributed by atoms with Crippen LogP contribution in [0, 0.1) is 19.8 Å². The highest BCUT2D eigenvalue weighted by Gasteiger charge is 2.39. The number of aromatic nitrogens is 2. The van der Waals surface area contributed by atoms with Gasteiger partial charge in [0, 0.05) is 43.3 Å². The minimum absolute atomic E-state index is 0.000871. The van der Waals surface area contributed by atoms with Crippen molar-refractivity contribution in [1.82, 2.24) is 20.0 Å². The Bertz CT molecular complexity index is 1090. The summed E-state index contributed by atoms with van der Waals surface area (Å²) >= 11 is 0. The molecule has 0 bridgehead atoms. The van der Waals surface area contributed by atoms with Crippen molar-refractivity contribution in [3.63, 3.8) is 0 Å². The molecule has 2 amide bonds. The first-order valence-electron chi connectivity index (χ1n) is 10.6. The zero-order valence-corrected chi connectivity index (χ0v) is 18.2. The van der Waals surface area contributed by atoms with E-state index in [-0.39, 0.29) is 23.8 Å². The fourth-order valence-corrected chi connectivity index (χ4v) is 4.32. The van der Waals surface area contributed by atoms with Gasteiger partial charge in [0.25, 0.3) is 5.91 Å². The van der Waals surface area contributed by atoms with Crippen LogP contribution < -0.4 is 5.32 Å². The minimum atomic E-state index is -0.101. The monoisotopic (exact) mass is 416 g/mol. The summed E-state index contributed by atoms with van der Waals surface area (Å²) in [6.45, 7) is 5.03. The normalized spacial score (nSPS) is 18.4. The third kappa shape index (κ3) is 4.53. The molecule has 2 atom stereocenters. The van der Waals surface area contributed by atoms with Crippen molar-refractivity contribution in [2.45, 2.75) is 32.9 Å². The van der Waals surface area contributed by atoms with Crippen LogP contribution in [-0.4, -0.2) is 40.1 Å². The zero-order valence-electron chi connectivity index (χ0n) is 18.2. The topological polar surface area (TPSA) is 67.2 Å². The van der Waals surface area contributed by atoms with E-state index in [1.54, 1.807) is 4.90 Å². The van der Waals surface area contributed by atoms with Crippen LogP contribution in [0.4, 0.5) is 0 Å². The minimum Gasteiger partial charge on any atom is -0.352 e. The molecule has 1 fully saturated rings. The van der Waals surface area contributed by atoms with E-state index in [4.69, 9.17) is 0 Å². The van der Waals surface area contributed by atoms with Gasteiger partial charge in [-0.05, 0) is 31.0 Å². The van der Waals surface area contributed by atoms with E-state index in [1.807, 2.05) is 74.4 Å². The number of hydrogen-bond acceptors (Lipinski definition) is 3. The Morgan fingerprint density at radius 1 is 1.16 bits per heavy atom. The van der Waals surface area contributed by atoms with Gasteiger partial charge in [-0.15, -0.1) is 0 Å². The molecule has 0 saturated carbocycles. The maximum absolute atomic E-state index is 12.8. The predicted molar refractivity (Wildman–Crippen MR) is 120 cm³/mol. The number of amides is 2. The zero-order chi connectivity index (χ0) is 22.0. The van der Waals surface area contributed by atoms with E-state index >= 15 is 0 Å². The second-order valence-electron chi connectivity index (χ2n) is 8.40. The number of nitrogens with one attached hydrogen (secondary N) is 1. The molecule has 0 unspecified atom stereocenters. The number of rotatable bonds is 6. The average molecular weight is 417 g/mol. The third-order valence-electron chi connectivity index (χ3n) is 6.04. The molecule has 1 aromatic heterocycles. The molecule has 1 saturated heterocycles. The van der Waals surface area contributed by atoms with Gasteiger partial charge in [-0.25, -0.2) is 0 Å². The summed E-state index contributed by atoms with van der Waals surface area (Å²) in [6.07, 6.45) is 4.26. The highest BCUT2D eigenvalue weighted by molar-refractivity contribution is 5.95. The molecule has 0 spiro atoms. The van der Waals surface area contributed by atoms with Crippen molar-refractivity contribution < 1.29 is 9.59 Å². The maximum Gasteiger partial charge on any atom is 0.251 e. The van der Waals surface area contributed by atoms with Crippen LogP contribution in [0.15, 0.2) is 60.9 Å². The van der Waals surface area contributed by atoms with Crippen LogP contribution in [0.2, 0.25) is 0 Å². The molecule has 6 nitrogen and oxygen atoms in total. The fourth-order valence-electron chi connectivity index (χ4n) is 4.32. The van der Waals surface area contributed by atoms with Gasteiger partial charge in [-0.2, -0.15) is 5.10 Å². The standard InChI is InChI=1S/C25H28N4O2/c1-17-9-10-18(2)22(11-17)25(31)26-13-20-12-23(30)28(3)24(20)21-14-27-29(16-21)15-19-7-5-4-6-8-19/h4-11,14,16,20,24H,12-13,15H2,1-3H3,(H,26,31)/t20-,24+/m0/s1. The third-order valence-corrected chi connectivity index (χ3v) is 6.04. The number of hydrogen-bond donors (Lipinski definition) is 1. The Morgan fingerprint density at radius 3 is 2.71 bits per heavy atom. The van der Waals surface area contributed by atoms with Crippen molar-refractivity contribution >= 4 is 11.8 Å². The molecule has 0 radical (unpaired) electrons. The van der Waals surface area contributed by atoms with Crippen LogP contribution in [0.1, 0.15) is 45.1 Å². The van der Waals surface area contributed by atoms with Crippen molar-refractivity contribution in [1.29, 1.82) is 0 Å². The van der Waals surface area contributed by atoms with Crippen molar-refractivity contribution in [3.05, 3.63) is 88.7 Å². The summed E-state index contributed by atoms with van der Waals surface area (Å²) in [4.78, 5) is 27.0. The lowest BCUT2D eigenvalue weighted by Gasteiger charge is -2.24. The summed E-state index contributed by atoms with van der Waals surface area (Å²) in [5, 5.41) is 7.56. The number of carbonyl (C=O) groups excluding carboxylic acids is 2. The average Bonchev–Trinajstić information content (AvgIpc) is 3.32. The number of carbonyl (C=O) groups is 2. The largest absolute Gasteiger partial charge is 0.352 e. The molecule has 2 aromatic carbocycles. The van der Waals surface area contributed by atoms with Gasteiger partial charge in [0.2, 0.25) is 5.91 Å². The molecule has 1 aliphatic rings. The van der Waals surface area contributed by atoms with E-state index in [2.05, 4.69) is 22.5 Å². The fraction of sp³-hybridized carbons (Fsp3) is 0.320. The van der Waals surface area contributed by atoms with Crippen molar-refractivity contribution in [2.75, 3.05) is 13.6 Å². The molecule has 3 aromatic rings. The molecular weight excluding hydrogens is 388 g/mol. The number of likely N-dealkylation sites (tertiary alicyclic amines) is 1. The Labute approximate surface area is 182 Å². The Balaban J connectivity index is 1.47. The Hall–Kier alpha value is -3.41. The van der Waals surface area contributed by atoms with Gasteiger partial charge >= 0.3 is 0 Å². The van der Waals surface area contributed by atoms with E-state index < -0.39 is 0 Å². The van der Waals surface area contributed by atoms with Crippen molar-refractivity contribution in [2.24, 2.45) is 5.92 Å². The smallest absolute Gasteiger partial charge is 0.251 e. The van der Waals surface area contributed by atoms with Gasteiger partial charge in [0.15, 0.2) is 0 Å². The molecule has 4 rings (SSSR count). The molecule has 1 N–H and O–H groups in total. The highest BCUT2D eigenvalue weighted by atomic mass is 16.2. The lowest BCUT2D eigenvalue weighted by Crippen LogP contribution is -2.32. The molecule has 0 aliphatic carbocycles. The first-order valence-corrected chi connectivity index (χ1v) is 10.6. The molecule has 31 heavy (non-hydrogen) atoms. The molecule has 2 heterocycles. The van der Waals surface area contributed by atoms with Gasteiger partial charge in [0.05, 0.1) is 18.8 Å². The van der Waals surface area contributed by atoms with Crippen LogP contribution >= 0.6 is 0 Å². The Kier molecular flexibility index (Phi) is 5.89. The van der Waals surface area contributed by atoms with Gasteiger partial charge in [-0.1, -0.05) is 48.0 Å². The summed E-state index contributed by atoms with van der Waals surface area (Å²) in [7, 11) is 1.83. The lowest BCUT2D eigenvalue weighted by atomic mass is 9.95. The molecule has 6 heteroatoms. The van der Waals surface area contributed by atoms with Crippen LogP contribution in [0.25, 0.3) is 0 Å². The van der Waals surface area contributed by atoms with Crippen molar-refractivity contribution in [3.8, 4) is 0 Å². The number of benzene rings is 2. The quantitative estimate of drug-likeness (QED) is 0.669. The molecule has 160 valence electrons. The summed E-state index contributed by atoms with van der Waals surface area (Å²) in [5.41, 5.74) is 4.85.